The average Bonchev–Trinajstić information content (AvgIpc) is 3.73. The molecule has 0 bridgehead atoms. The van der Waals surface area contributed by atoms with Gasteiger partial charge in [0.1, 0.15) is 36.8 Å². The van der Waals surface area contributed by atoms with Crippen molar-refractivity contribution >= 4 is 41.5 Å². The molecule has 0 aromatic heterocycles. The van der Waals surface area contributed by atoms with Crippen molar-refractivity contribution in [2.24, 2.45) is 22.2 Å². The van der Waals surface area contributed by atoms with Crippen molar-refractivity contribution in [2.75, 3.05) is 39.4 Å². The van der Waals surface area contributed by atoms with E-state index in [1.54, 1.807) is 6.92 Å². The van der Waals surface area contributed by atoms with Gasteiger partial charge in [0, 0.05) is 26.2 Å². The van der Waals surface area contributed by atoms with Crippen LogP contribution < -0.4 is 33.2 Å². The number of aliphatic hydroxyl groups excluding tert-OH is 1. The Labute approximate surface area is 280 Å². The Kier molecular flexibility index (Phi) is 17.0. The minimum absolute atomic E-state index is 0.0762. The largest absolute Gasteiger partial charge is 0.480 e. The predicted molar refractivity (Wildman–Crippen MR) is 174 cm³/mol. The fourth-order valence-corrected chi connectivity index (χ4v) is 5.84. The number of aliphatic carboxylic acids is 1. The van der Waals surface area contributed by atoms with E-state index in [-0.39, 0.29) is 51.6 Å². The lowest BCUT2D eigenvalue weighted by Gasteiger charge is -2.33. The minimum atomic E-state index is -1.36. The highest BCUT2D eigenvalue weighted by Gasteiger charge is 2.44. The zero-order chi connectivity index (χ0) is 35.8. The Hall–Kier alpha value is -4.03. The van der Waals surface area contributed by atoms with Gasteiger partial charge in [-0.3, -0.25) is 29.0 Å². The summed E-state index contributed by atoms with van der Waals surface area (Å²) in [6.07, 6.45) is 2.05. The van der Waals surface area contributed by atoms with E-state index in [0.29, 0.717) is 51.5 Å². The zero-order valence-corrected chi connectivity index (χ0v) is 27.9. The molecule has 0 aromatic carbocycles. The molecule has 2 rings (SSSR count). The molecule has 6 atom stereocenters. The van der Waals surface area contributed by atoms with E-state index in [9.17, 15) is 39.0 Å². The van der Waals surface area contributed by atoms with Crippen LogP contribution in [0.15, 0.2) is 4.99 Å². The summed E-state index contributed by atoms with van der Waals surface area (Å²) in [7, 11) is 0. The number of carboxylic acids is 1. The van der Waals surface area contributed by atoms with Gasteiger partial charge in [0.05, 0.1) is 6.10 Å². The van der Waals surface area contributed by atoms with Gasteiger partial charge in [-0.25, -0.2) is 4.79 Å². The fourth-order valence-electron chi connectivity index (χ4n) is 5.84. The number of aliphatic imine (C=N–C) groups is 1. The standard InChI is InChI=1S/C30H53N9O9/c1-3-48-17-23(41)37-24(18(2)40)26(43)35-19(9-4-5-13-31)27(44)39-16-8-12-22(39)28(45)38-15-7-11-21(38)25(42)36-20(29(46)47)10-6-14-34-30(32)33/h18-22,24,40H,3-17,31H2,1-2H3,(H,35,43)(H,36,42)(H,37,41)(H,46,47)(H4,32,33,34)/t18-,19+,20+,21+,22?,24+/m1/s1. The first-order valence-corrected chi connectivity index (χ1v) is 16.6. The lowest BCUT2D eigenvalue weighted by Crippen LogP contribution is -2.59. The highest BCUT2D eigenvalue weighted by Crippen LogP contribution is 2.26. The third-order valence-electron chi connectivity index (χ3n) is 8.30. The smallest absolute Gasteiger partial charge is 0.326 e. The first-order chi connectivity index (χ1) is 22.8. The topological polar surface area (TPSA) is 285 Å². The highest BCUT2D eigenvalue weighted by atomic mass is 16.5. The van der Waals surface area contributed by atoms with Crippen molar-refractivity contribution in [1.29, 1.82) is 0 Å². The number of unbranched alkanes of at least 4 members (excludes halogenated alkanes) is 1. The monoisotopic (exact) mass is 683 g/mol. The van der Waals surface area contributed by atoms with Crippen LogP contribution in [0.5, 0.6) is 0 Å². The Balaban J connectivity index is 2.17. The number of carbonyl (C=O) groups excluding carboxylic acids is 5. The van der Waals surface area contributed by atoms with Crippen molar-refractivity contribution in [2.45, 2.75) is 108 Å². The maximum absolute atomic E-state index is 13.9. The number of carboxylic acid groups (broad SMARTS) is 1. The van der Waals surface area contributed by atoms with Crippen LogP contribution in [0.1, 0.15) is 71.6 Å². The van der Waals surface area contributed by atoms with Gasteiger partial charge in [-0.15, -0.1) is 0 Å². The Morgan fingerprint density at radius 1 is 0.917 bits per heavy atom. The highest BCUT2D eigenvalue weighted by molar-refractivity contribution is 5.96. The molecule has 2 fully saturated rings. The molecule has 0 radical (unpaired) electrons. The second kappa shape index (κ2) is 20.4. The third-order valence-corrected chi connectivity index (χ3v) is 8.30. The van der Waals surface area contributed by atoms with E-state index in [4.69, 9.17) is 21.9 Å². The zero-order valence-electron chi connectivity index (χ0n) is 27.9. The molecule has 2 saturated heterocycles. The summed E-state index contributed by atoms with van der Waals surface area (Å²) < 4.78 is 5.07. The number of rotatable bonds is 20. The van der Waals surface area contributed by atoms with Gasteiger partial charge < -0.3 is 57.9 Å². The van der Waals surface area contributed by atoms with E-state index in [1.165, 1.54) is 16.7 Å². The van der Waals surface area contributed by atoms with Gasteiger partial charge in [-0.1, -0.05) is 0 Å². The number of nitrogens with one attached hydrogen (secondary N) is 3. The summed E-state index contributed by atoms with van der Waals surface area (Å²) in [6, 6.07) is -5.45. The second-order valence-electron chi connectivity index (χ2n) is 12.0. The molecule has 1 unspecified atom stereocenters. The summed E-state index contributed by atoms with van der Waals surface area (Å²) >= 11 is 0. The molecule has 2 aliphatic rings. The average molecular weight is 684 g/mol. The molecule has 2 aliphatic heterocycles. The summed E-state index contributed by atoms with van der Waals surface area (Å²) in [4.78, 5) is 85.0. The summed E-state index contributed by atoms with van der Waals surface area (Å²) in [5, 5.41) is 27.5. The van der Waals surface area contributed by atoms with Crippen LogP contribution in [0.2, 0.25) is 0 Å². The molecule has 11 N–H and O–H groups in total. The van der Waals surface area contributed by atoms with Gasteiger partial charge in [-0.2, -0.15) is 0 Å². The molecule has 0 spiro atoms. The number of nitrogens with zero attached hydrogens (tertiary/aromatic N) is 3. The van der Waals surface area contributed by atoms with Gasteiger partial charge in [-0.05, 0) is 78.2 Å². The van der Waals surface area contributed by atoms with E-state index < -0.39 is 71.8 Å². The van der Waals surface area contributed by atoms with Crippen LogP contribution in [0.4, 0.5) is 0 Å². The number of guanidine groups is 1. The molecule has 48 heavy (non-hydrogen) atoms. The van der Waals surface area contributed by atoms with E-state index in [0.717, 1.165) is 0 Å². The van der Waals surface area contributed by atoms with Crippen LogP contribution in [0.3, 0.4) is 0 Å². The van der Waals surface area contributed by atoms with Crippen LogP contribution >= 0.6 is 0 Å². The Bertz CT molecular complexity index is 1150. The van der Waals surface area contributed by atoms with Crippen LogP contribution in [-0.2, 0) is 33.5 Å². The molecular weight excluding hydrogens is 630 g/mol. The van der Waals surface area contributed by atoms with Crippen molar-refractivity contribution in [3.63, 3.8) is 0 Å². The van der Waals surface area contributed by atoms with Crippen molar-refractivity contribution in [3.05, 3.63) is 0 Å². The maximum Gasteiger partial charge on any atom is 0.326 e. The van der Waals surface area contributed by atoms with Crippen molar-refractivity contribution in [1.82, 2.24) is 25.8 Å². The number of hydrogen-bond acceptors (Lipinski definition) is 10. The van der Waals surface area contributed by atoms with Gasteiger partial charge in [0.25, 0.3) is 0 Å². The van der Waals surface area contributed by atoms with Crippen LogP contribution in [0.25, 0.3) is 0 Å². The summed E-state index contributed by atoms with van der Waals surface area (Å²) in [5.74, 6) is -4.28. The molecule has 2 heterocycles. The molecule has 0 saturated carbocycles. The second-order valence-corrected chi connectivity index (χ2v) is 12.0. The lowest BCUT2D eigenvalue weighted by atomic mass is 10.0. The number of hydrogen-bond donors (Lipinski definition) is 8. The number of carbonyl (C=O) groups is 6. The quantitative estimate of drug-likeness (QED) is 0.0365. The van der Waals surface area contributed by atoms with Crippen molar-refractivity contribution in [3.8, 4) is 0 Å². The maximum atomic E-state index is 13.9. The number of nitrogens with two attached hydrogens (primary N) is 3. The normalized spacial score (nSPS) is 19.9. The molecule has 272 valence electrons. The minimum Gasteiger partial charge on any atom is -0.480 e. The Morgan fingerprint density at radius 3 is 2.17 bits per heavy atom. The van der Waals surface area contributed by atoms with Crippen molar-refractivity contribution < 1.29 is 43.7 Å². The molecule has 18 nitrogen and oxygen atoms in total. The van der Waals surface area contributed by atoms with E-state index in [1.807, 2.05) is 0 Å². The van der Waals surface area contributed by atoms with Crippen LogP contribution in [0, 0.1) is 0 Å². The van der Waals surface area contributed by atoms with Gasteiger partial charge in [0.15, 0.2) is 5.96 Å². The van der Waals surface area contributed by atoms with Crippen LogP contribution in [-0.4, -0.2) is 137 Å². The molecule has 18 heteroatoms. The van der Waals surface area contributed by atoms with E-state index in [2.05, 4.69) is 20.9 Å². The fraction of sp³-hybridized carbons (Fsp3) is 0.767. The lowest BCUT2D eigenvalue weighted by molar-refractivity contribution is -0.149. The third kappa shape index (κ3) is 12.2. The van der Waals surface area contributed by atoms with Gasteiger partial charge in [0.2, 0.25) is 29.5 Å². The molecular formula is C30H53N9O9. The number of ether oxygens (including phenoxy) is 1. The number of amides is 5. The first kappa shape index (κ1) is 40.1. The SMILES string of the molecule is CCOCC(=O)N[C@H](C(=O)N[C@@H](CCCCN)C(=O)N1CCCC1C(=O)N1CCC[C@H]1C(=O)N[C@@H](CCCN=C(N)N)C(=O)O)[C@@H](C)O. The Morgan fingerprint density at radius 2 is 1.56 bits per heavy atom. The van der Waals surface area contributed by atoms with Gasteiger partial charge >= 0.3 is 5.97 Å². The first-order valence-electron chi connectivity index (χ1n) is 16.6. The summed E-state index contributed by atoms with van der Waals surface area (Å²) in [6.45, 7) is 4.05. The molecule has 0 aromatic rings. The number of likely N-dealkylation sites (tertiary alicyclic amines) is 2. The number of aliphatic hydroxyl groups is 1. The molecule has 0 aliphatic carbocycles. The predicted octanol–water partition coefficient (Wildman–Crippen LogP) is -2.89. The van der Waals surface area contributed by atoms with E-state index >= 15 is 0 Å². The molecule has 5 amide bonds. The summed E-state index contributed by atoms with van der Waals surface area (Å²) in [5.41, 5.74) is 16.3.